The Labute approximate surface area is 129 Å². The monoisotopic (exact) mass is 290 g/mol. The summed E-state index contributed by atoms with van der Waals surface area (Å²) >= 11 is 0. The molecule has 4 nitrogen and oxygen atoms in total. The van der Waals surface area contributed by atoms with Gasteiger partial charge >= 0.3 is 0 Å². The molecular weight excluding hydrogens is 260 g/mol. The van der Waals surface area contributed by atoms with E-state index in [-0.39, 0.29) is 0 Å². The van der Waals surface area contributed by atoms with Crippen LogP contribution in [0.1, 0.15) is 38.7 Å². The number of nitrogens with zero attached hydrogens (tertiary/aromatic N) is 3. The Morgan fingerprint density at radius 3 is 2.95 bits per heavy atom. The molecule has 2 heterocycles. The zero-order valence-corrected chi connectivity index (χ0v) is 13.8. The van der Waals surface area contributed by atoms with Crippen LogP contribution >= 0.6 is 0 Å². The van der Waals surface area contributed by atoms with Crippen molar-refractivity contribution in [2.45, 2.75) is 45.7 Å². The van der Waals surface area contributed by atoms with Gasteiger partial charge in [-0.15, -0.1) is 0 Å². The van der Waals surface area contributed by atoms with Gasteiger partial charge in [-0.3, -0.25) is 4.90 Å². The standard InChI is InChI=1S/C17H30N4/c1-4-9-18-17-15(8-6-10-19-17)13-21-12-7-11-20(3)14-16(21)5-2/h6,8,10,16H,4-5,7,9,11-14H2,1-3H3,(H,18,19). The van der Waals surface area contributed by atoms with Gasteiger partial charge in [0.1, 0.15) is 5.82 Å². The minimum atomic E-state index is 0.650. The number of hydrogen-bond donors (Lipinski definition) is 1. The van der Waals surface area contributed by atoms with Gasteiger partial charge in [-0.2, -0.15) is 0 Å². The first-order chi connectivity index (χ1) is 10.2. The lowest BCUT2D eigenvalue weighted by Crippen LogP contribution is -2.39. The highest BCUT2D eigenvalue weighted by Gasteiger charge is 2.22. The number of pyridine rings is 1. The Hall–Kier alpha value is -1.13. The van der Waals surface area contributed by atoms with Crippen LogP contribution < -0.4 is 5.32 Å². The van der Waals surface area contributed by atoms with Crippen LogP contribution in [0.3, 0.4) is 0 Å². The summed E-state index contributed by atoms with van der Waals surface area (Å²) in [5, 5.41) is 3.46. The average Bonchev–Trinajstić information content (AvgIpc) is 2.68. The summed E-state index contributed by atoms with van der Waals surface area (Å²) in [5.74, 6) is 1.06. The Bertz CT molecular complexity index is 421. The van der Waals surface area contributed by atoms with Crippen LogP contribution in [0.25, 0.3) is 0 Å². The summed E-state index contributed by atoms with van der Waals surface area (Å²) in [7, 11) is 2.24. The van der Waals surface area contributed by atoms with Crippen molar-refractivity contribution < 1.29 is 0 Å². The quantitative estimate of drug-likeness (QED) is 0.873. The zero-order chi connectivity index (χ0) is 15.1. The molecule has 118 valence electrons. The molecule has 0 aromatic carbocycles. The minimum absolute atomic E-state index is 0.650. The molecule has 1 aromatic rings. The van der Waals surface area contributed by atoms with Crippen molar-refractivity contribution >= 4 is 5.82 Å². The van der Waals surface area contributed by atoms with Crippen molar-refractivity contribution in [1.29, 1.82) is 0 Å². The zero-order valence-electron chi connectivity index (χ0n) is 13.8. The molecular formula is C17H30N4. The SMILES string of the molecule is CCCNc1ncccc1CN1CCCN(C)CC1CC. The Morgan fingerprint density at radius 1 is 1.33 bits per heavy atom. The highest BCUT2D eigenvalue weighted by molar-refractivity contribution is 5.43. The highest BCUT2D eigenvalue weighted by Crippen LogP contribution is 2.19. The van der Waals surface area contributed by atoms with E-state index in [4.69, 9.17) is 0 Å². The molecule has 1 aliphatic rings. The molecule has 1 aromatic heterocycles. The maximum absolute atomic E-state index is 4.52. The van der Waals surface area contributed by atoms with Crippen molar-refractivity contribution in [1.82, 2.24) is 14.8 Å². The van der Waals surface area contributed by atoms with Crippen molar-refractivity contribution in [3.05, 3.63) is 23.9 Å². The smallest absolute Gasteiger partial charge is 0.130 e. The molecule has 1 atom stereocenters. The van der Waals surface area contributed by atoms with Crippen LogP contribution in [-0.4, -0.2) is 54.1 Å². The van der Waals surface area contributed by atoms with E-state index in [0.717, 1.165) is 25.3 Å². The second-order valence-corrected chi connectivity index (χ2v) is 6.09. The number of aromatic nitrogens is 1. The van der Waals surface area contributed by atoms with Gasteiger partial charge < -0.3 is 10.2 Å². The fraction of sp³-hybridized carbons (Fsp3) is 0.706. The van der Waals surface area contributed by atoms with Crippen molar-refractivity contribution in [3.8, 4) is 0 Å². The summed E-state index contributed by atoms with van der Waals surface area (Å²) in [6.45, 7) is 10.1. The van der Waals surface area contributed by atoms with E-state index in [2.05, 4.69) is 53.1 Å². The minimum Gasteiger partial charge on any atom is -0.370 e. The van der Waals surface area contributed by atoms with E-state index < -0.39 is 0 Å². The van der Waals surface area contributed by atoms with E-state index in [0.29, 0.717) is 6.04 Å². The summed E-state index contributed by atoms with van der Waals surface area (Å²) in [4.78, 5) is 9.63. The molecule has 0 bridgehead atoms. The molecule has 1 aliphatic heterocycles. The first kappa shape index (κ1) is 16.2. The number of likely N-dealkylation sites (N-methyl/N-ethyl adjacent to an activating group) is 1. The maximum atomic E-state index is 4.52. The van der Waals surface area contributed by atoms with Gasteiger partial charge in [-0.05, 0) is 38.9 Å². The summed E-state index contributed by atoms with van der Waals surface area (Å²) < 4.78 is 0. The summed E-state index contributed by atoms with van der Waals surface area (Å²) in [5.41, 5.74) is 1.33. The normalized spacial score (nSPS) is 21.2. The molecule has 1 saturated heterocycles. The Morgan fingerprint density at radius 2 is 2.19 bits per heavy atom. The van der Waals surface area contributed by atoms with Crippen LogP contribution in [0.5, 0.6) is 0 Å². The van der Waals surface area contributed by atoms with E-state index >= 15 is 0 Å². The topological polar surface area (TPSA) is 31.4 Å². The third kappa shape index (κ3) is 4.68. The fourth-order valence-corrected chi connectivity index (χ4v) is 3.08. The fourth-order valence-electron chi connectivity index (χ4n) is 3.08. The van der Waals surface area contributed by atoms with Crippen LogP contribution in [0, 0.1) is 0 Å². The van der Waals surface area contributed by atoms with Crippen LogP contribution in [0.2, 0.25) is 0 Å². The number of anilines is 1. The second kappa shape index (κ2) is 8.35. The molecule has 0 spiro atoms. The van der Waals surface area contributed by atoms with E-state index in [1.807, 2.05) is 6.20 Å². The molecule has 1 fully saturated rings. The van der Waals surface area contributed by atoms with E-state index in [1.54, 1.807) is 0 Å². The van der Waals surface area contributed by atoms with Crippen LogP contribution in [-0.2, 0) is 6.54 Å². The van der Waals surface area contributed by atoms with Gasteiger partial charge in [0.2, 0.25) is 0 Å². The predicted octanol–water partition coefficient (Wildman–Crippen LogP) is 2.82. The molecule has 0 saturated carbocycles. The van der Waals surface area contributed by atoms with Gasteiger partial charge in [0, 0.05) is 44.0 Å². The average molecular weight is 290 g/mol. The first-order valence-electron chi connectivity index (χ1n) is 8.35. The number of hydrogen-bond acceptors (Lipinski definition) is 4. The second-order valence-electron chi connectivity index (χ2n) is 6.09. The molecule has 0 amide bonds. The predicted molar refractivity (Wildman–Crippen MR) is 89.6 cm³/mol. The lowest BCUT2D eigenvalue weighted by Gasteiger charge is -2.30. The van der Waals surface area contributed by atoms with E-state index in [9.17, 15) is 0 Å². The number of nitrogens with one attached hydrogen (secondary N) is 1. The van der Waals surface area contributed by atoms with Gasteiger partial charge in [-0.25, -0.2) is 4.98 Å². The first-order valence-corrected chi connectivity index (χ1v) is 8.35. The molecule has 1 unspecified atom stereocenters. The Kier molecular flexibility index (Phi) is 6.46. The van der Waals surface area contributed by atoms with Gasteiger partial charge in [0.15, 0.2) is 0 Å². The molecule has 1 N–H and O–H groups in total. The maximum Gasteiger partial charge on any atom is 0.130 e. The molecule has 4 heteroatoms. The van der Waals surface area contributed by atoms with Crippen LogP contribution in [0.15, 0.2) is 18.3 Å². The third-order valence-electron chi connectivity index (χ3n) is 4.30. The highest BCUT2D eigenvalue weighted by atomic mass is 15.2. The van der Waals surface area contributed by atoms with Gasteiger partial charge in [0.25, 0.3) is 0 Å². The summed E-state index contributed by atoms with van der Waals surface area (Å²) in [6, 6.07) is 4.92. The molecule has 0 radical (unpaired) electrons. The van der Waals surface area contributed by atoms with Gasteiger partial charge in [-0.1, -0.05) is 19.9 Å². The third-order valence-corrected chi connectivity index (χ3v) is 4.30. The molecule has 2 rings (SSSR count). The summed E-state index contributed by atoms with van der Waals surface area (Å²) in [6.07, 6.45) is 5.48. The lowest BCUT2D eigenvalue weighted by molar-refractivity contribution is 0.176. The molecule has 0 aliphatic carbocycles. The Balaban J connectivity index is 2.08. The van der Waals surface area contributed by atoms with Gasteiger partial charge in [0.05, 0.1) is 0 Å². The van der Waals surface area contributed by atoms with Crippen molar-refractivity contribution in [2.24, 2.45) is 0 Å². The number of rotatable bonds is 6. The van der Waals surface area contributed by atoms with E-state index in [1.165, 1.54) is 38.0 Å². The van der Waals surface area contributed by atoms with Crippen molar-refractivity contribution in [3.63, 3.8) is 0 Å². The largest absolute Gasteiger partial charge is 0.370 e. The van der Waals surface area contributed by atoms with Crippen molar-refractivity contribution in [2.75, 3.05) is 38.5 Å². The lowest BCUT2D eigenvalue weighted by atomic mass is 10.1. The van der Waals surface area contributed by atoms with Crippen LogP contribution in [0.4, 0.5) is 5.82 Å². The molecule has 21 heavy (non-hydrogen) atoms.